The van der Waals surface area contributed by atoms with E-state index in [9.17, 15) is 20.1 Å². The highest BCUT2D eigenvalue weighted by Gasteiger charge is 2.44. The lowest BCUT2D eigenvalue weighted by Gasteiger charge is -2.16. The molecule has 0 radical (unpaired) electrons. The maximum absolute atomic E-state index is 12.5. The molecule has 0 saturated carbocycles. The fourth-order valence-electron chi connectivity index (χ4n) is 3.16. The summed E-state index contributed by atoms with van der Waals surface area (Å²) < 4.78 is 12.0. The highest BCUT2D eigenvalue weighted by molar-refractivity contribution is 6.06. The van der Waals surface area contributed by atoms with Gasteiger partial charge in [-0.05, 0) is 24.3 Å². The number of anilines is 1. The number of aliphatic hydroxyl groups excluding tert-OH is 3. The van der Waals surface area contributed by atoms with Crippen LogP contribution in [0.4, 0.5) is 5.82 Å². The molecule has 152 valence electrons. The maximum atomic E-state index is 12.5. The number of nitrogens with zero attached hydrogens (tertiary/aromatic N) is 4. The molecule has 1 amide bonds. The number of aliphatic hydroxyl groups is 3. The van der Waals surface area contributed by atoms with Crippen LogP contribution in [0, 0.1) is 0 Å². The summed E-state index contributed by atoms with van der Waals surface area (Å²) in [6.07, 6.45) is -1.85. The fourth-order valence-corrected chi connectivity index (χ4v) is 3.16. The normalized spacial score (nSPS) is 24.0. The molecule has 1 saturated heterocycles. The van der Waals surface area contributed by atoms with Gasteiger partial charge in [0, 0.05) is 5.56 Å². The Morgan fingerprint density at radius 2 is 1.97 bits per heavy atom. The van der Waals surface area contributed by atoms with E-state index in [-0.39, 0.29) is 11.3 Å². The summed E-state index contributed by atoms with van der Waals surface area (Å²) in [5, 5.41) is 32.2. The van der Waals surface area contributed by atoms with Crippen LogP contribution in [0.1, 0.15) is 16.6 Å². The molecule has 1 aliphatic rings. The molecule has 0 unspecified atom stereocenters. The topological polar surface area (TPSA) is 152 Å². The summed E-state index contributed by atoms with van der Waals surface area (Å²) in [6.45, 7) is -0.445. The van der Waals surface area contributed by atoms with Gasteiger partial charge in [0.1, 0.15) is 30.4 Å². The molecule has 2 aromatic heterocycles. The Morgan fingerprint density at radius 1 is 1.21 bits per heavy atom. The highest BCUT2D eigenvalue weighted by atomic mass is 16.6. The third-order valence-electron chi connectivity index (χ3n) is 4.73. The standard InChI is InChI=1S/C18H19N5O6/c1-28-10-4-2-9(3-5-10)17(27)22-15-12-16(20-7-19-15)23(8-21-12)18-14(26)13(25)11(6-24)29-18/h2-5,7-8,11,13-14,18,24-26H,6H2,1H3,(H,19,20,22,27)/t11-,13-,14+,18-/m1/s1. The number of nitrogens with one attached hydrogen (secondary N) is 1. The van der Waals surface area contributed by atoms with Crippen LogP contribution in [-0.4, -0.2) is 72.8 Å². The Kier molecular flexibility index (Phi) is 5.11. The van der Waals surface area contributed by atoms with Crippen LogP contribution in [0.5, 0.6) is 5.75 Å². The first kappa shape index (κ1) is 19.2. The Balaban J connectivity index is 1.61. The molecular weight excluding hydrogens is 382 g/mol. The Labute approximate surface area is 164 Å². The summed E-state index contributed by atoms with van der Waals surface area (Å²) in [5.74, 6) is 0.416. The summed E-state index contributed by atoms with van der Waals surface area (Å²) in [6, 6.07) is 6.57. The number of carbonyl (C=O) groups is 1. The second-order valence-corrected chi connectivity index (χ2v) is 6.46. The van der Waals surface area contributed by atoms with Gasteiger partial charge in [-0.25, -0.2) is 15.0 Å². The molecule has 11 nitrogen and oxygen atoms in total. The van der Waals surface area contributed by atoms with Gasteiger partial charge in [-0.2, -0.15) is 0 Å². The number of carbonyl (C=O) groups excluding carboxylic acids is 1. The summed E-state index contributed by atoms with van der Waals surface area (Å²) in [4.78, 5) is 25.0. The van der Waals surface area contributed by atoms with Gasteiger partial charge >= 0.3 is 0 Å². The number of rotatable bonds is 5. The number of imidazole rings is 1. The number of amides is 1. The quantitative estimate of drug-likeness (QED) is 0.451. The zero-order chi connectivity index (χ0) is 20.5. The zero-order valence-corrected chi connectivity index (χ0v) is 15.3. The smallest absolute Gasteiger partial charge is 0.256 e. The molecule has 3 aromatic rings. The molecule has 1 aromatic carbocycles. The first-order valence-corrected chi connectivity index (χ1v) is 8.79. The van der Waals surface area contributed by atoms with Crippen molar-refractivity contribution in [2.75, 3.05) is 19.0 Å². The van der Waals surface area contributed by atoms with Crippen molar-refractivity contribution in [3.05, 3.63) is 42.5 Å². The van der Waals surface area contributed by atoms with Crippen LogP contribution in [0.3, 0.4) is 0 Å². The van der Waals surface area contributed by atoms with Gasteiger partial charge in [-0.15, -0.1) is 0 Å². The zero-order valence-electron chi connectivity index (χ0n) is 15.3. The van der Waals surface area contributed by atoms with E-state index in [2.05, 4.69) is 20.3 Å². The van der Waals surface area contributed by atoms with Crippen molar-refractivity contribution < 1.29 is 29.6 Å². The van der Waals surface area contributed by atoms with Crippen molar-refractivity contribution in [3.63, 3.8) is 0 Å². The van der Waals surface area contributed by atoms with Crippen LogP contribution in [0.15, 0.2) is 36.9 Å². The third kappa shape index (κ3) is 3.40. The van der Waals surface area contributed by atoms with Gasteiger partial charge in [0.2, 0.25) is 0 Å². The number of ether oxygens (including phenoxy) is 2. The molecule has 4 N–H and O–H groups in total. The first-order valence-electron chi connectivity index (χ1n) is 8.79. The monoisotopic (exact) mass is 401 g/mol. The van der Waals surface area contributed by atoms with E-state index in [1.54, 1.807) is 24.3 Å². The number of benzene rings is 1. The largest absolute Gasteiger partial charge is 0.497 e. The van der Waals surface area contributed by atoms with Crippen molar-refractivity contribution in [1.29, 1.82) is 0 Å². The molecule has 1 aliphatic heterocycles. The third-order valence-corrected chi connectivity index (χ3v) is 4.73. The molecule has 4 rings (SSSR count). The molecule has 1 fully saturated rings. The summed E-state index contributed by atoms with van der Waals surface area (Å²) >= 11 is 0. The number of hydrogen-bond donors (Lipinski definition) is 4. The Morgan fingerprint density at radius 3 is 2.62 bits per heavy atom. The summed E-state index contributed by atoms with van der Waals surface area (Å²) in [5.41, 5.74) is 0.979. The van der Waals surface area contributed by atoms with E-state index < -0.39 is 37.1 Å². The molecule has 0 bridgehead atoms. The Hall–Kier alpha value is -3.12. The van der Waals surface area contributed by atoms with Crippen molar-refractivity contribution >= 4 is 22.9 Å². The van der Waals surface area contributed by atoms with Gasteiger partial charge < -0.3 is 30.1 Å². The minimum atomic E-state index is -1.28. The maximum Gasteiger partial charge on any atom is 0.256 e. The van der Waals surface area contributed by atoms with E-state index in [1.165, 1.54) is 24.3 Å². The average Bonchev–Trinajstić information content (AvgIpc) is 3.30. The van der Waals surface area contributed by atoms with Crippen molar-refractivity contribution in [1.82, 2.24) is 19.5 Å². The molecule has 11 heteroatoms. The first-order chi connectivity index (χ1) is 14.0. The lowest BCUT2D eigenvalue weighted by Crippen LogP contribution is -2.33. The van der Waals surface area contributed by atoms with Crippen LogP contribution in [0.25, 0.3) is 11.2 Å². The van der Waals surface area contributed by atoms with Crippen molar-refractivity contribution in [2.45, 2.75) is 24.5 Å². The Bertz CT molecular complexity index is 1020. The lowest BCUT2D eigenvalue weighted by molar-refractivity contribution is -0.0511. The average molecular weight is 401 g/mol. The molecule has 0 spiro atoms. The van der Waals surface area contributed by atoms with Gasteiger partial charge in [-0.3, -0.25) is 9.36 Å². The number of hydrogen-bond acceptors (Lipinski definition) is 9. The minimum Gasteiger partial charge on any atom is -0.497 e. The second kappa shape index (κ2) is 7.72. The minimum absolute atomic E-state index is 0.182. The van der Waals surface area contributed by atoms with Gasteiger partial charge in [0.15, 0.2) is 23.2 Å². The van der Waals surface area contributed by atoms with Crippen LogP contribution in [0.2, 0.25) is 0 Å². The van der Waals surface area contributed by atoms with E-state index in [0.717, 1.165) is 0 Å². The van der Waals surface area contributed by atoms with Gasteiger partial charge in [0.05, 0.1) is 20.0 Å². The number of fused-ring (bicyclic) bond motifs is 1. The van der Waals surface area contributed by atoms with E-state index >= 15 is 0 Å². The molecule has 29 heavy (non-hydrogen) atoms. The molecule has 0 aliphatic carbocycles. The number of methoxy groups -OCH3 is 1. The van der Waals surface area contributed by atoms with Crippen LogP contribution >= 0.6 is 0 Å². The highest BCUT2D eigenvalue weighted by Crippen LogP contribution is 2.32. The SMILES string of the molecule is COc1ccc(C(=O)Nc2ncnc3c2ncn3[C@@H]2O[C@H](CO)[C@@H](O)[C@@H]2O)cc1. The van der Waals surface area contributed by atoms with Gasteiger partial charge in [0.25, 0.3) is 5.91 Å². The predicted molar refractivity (Wildman–Crippen MR) is 99.3 cm³/mol. The van der Waals surface area contributed by atoms with Crippen molar-refractivity contribution in [2.24, 2.45) is 0 Å². The molecule has 4 atom stereocenters. The van der Waals surface area contributed by atoms with E-state index in [0.29, 0.717) is 17.0 Å². The van der Waals surface area contributed by atoms with Gasteiger partial charge in [-0.1, -0.05) is 0 Å². The molecular formula is C18H19N5O6. The van der Waals surface area contributed by atoms with Crippen molar-refractivity contribution in [3.8, 4) is 5.75 Å². The fraction of sp³-hybridized carbons (Fsp3) is 0.333. The molecule has 3 heterocycles. The number of aromatic nitrogens is 4. The summed E-state index contributed by atoms with van der Waals surface area (Å²) in [7, 11) is 1.54. The van der Waals surface area contributed by atoms with E-state index in [1.807, 2.05) is 0 Å². The van der Waals surface area contributed by atoms with E-state index in [4.69, 9.17) is 9.47 Å². The lowest BCUT2D eigenvalue weighted by atomic mass is 10.1. The van der Waals surface area contributed by atoms with Crippen LogP contribution < -0.4 is 10.1 Å². The van der Waals surface area contributed by atoms with Crippen LogP contribution in [-0.2, 0) is 4.74 Å². The predicted octanol–water partition coefficient (Wildman–Crippen LogP) is -0.301. The second-order valence-electron chi connectivity index (χ2n) is 6.46.